The Kier molecular flexibility index (Phi) is 58.3. The molecule has 3 aliphatic rings. The predicted molar refractivity (Wildman–Crippen MR) is 537 cm³/mol. The maximum atomic E-state index is 14.4. The lowest BCUT2D eigenvalue weighted by atomic mass is 9.93. The highest BCUT2D eigenvalue weighted by Crippen LogP contribution is 2.27. The molecule has 0 spiro atoms. The summed E-state index contributed by atoms with van der Waals surface area (Å²) in [5, 5.41) is 70.3. The minimum Gasteiger partial charge on any atom is -0.481 e. The zero-order chi connectivity index (χ0) is 107. The summed E-state index contributed by atoms with van der Waals surface area (Å²) in [4.78, 5) is 260. The number of carboxylic acids is 2. The number of likely N-dealkylation sites (N-methyl/N-ethyl adjacent to an activating group) is 1. The highest BCUT2D eigenvalue weighted by molar-refractivity contribution is 6.00. The van der Waals surface area contributed by atoms with E-state index < -0.39 is 193 Å². The van der Waals surface area contributed by atoms with Crippen molar-refractivity contribution in [3.8, 4) is 0 Å². The van der Waals surface area contributed by atoms with Gasteiger partial charge in [0.05, 0.1) is 45.1 Å². The number of allylic oxidation sites excluding steroid dienone is 1. The number of rotatable bonds is 60. The van der Waals surface area contributed by atoms with Crippen LogP contribution in [0.15, 0.2) is 82.6 Å². The first kappa shape index (κ1) is 122. The molecule has 6 rings (SSSR count). The Morgan fingerprint density at radius 3 is 1.81 bits per heavy atom. The van der Waals surface area contributed by atoms with Gasteiger partial charge in [-0.05, 0) is 88.3 Å². The number of carboxylic acid groups (broad SMARTS) is 2. The first-order chi connectivity index (χ1) is 69.4. The summed E-state index contributed by atoms with van der Waals surface area (Å²) in [5.41, 5.74) is 25.0. The second-order valence-electron chi connectivity index (χ2n) is 36.8. The van der Waals surface area contributed by atoms with Gasteiger partial charge >= 0.3 is 11.9 Å². The molecule has 2 fully saturated rings. The fourth-order valence-electron chi connectivity index (χ4n) is 16.6. The van der Waals surface area contributed by atoms with Crippen molar-refractivity contribution in [1.82, 2.24) is 73.7 Å². The van der Waals surface area contributed by atoms with E-state index in [1.165, 1.54) is 18.9 Å². The Balaban J connectivity index is 0.000000530. The quantitative estimate of drug-likeness (QED) is 0.0213. The molecule has 13 atom stereocenters. The number of ether oxygens (including phenoxy) is 2. The van der Waals surface area contributed by atoms with Crippen LogP contribution in [0.3, 0.4) is 0 Å². The van der Waals surface area contributed by atoms with E-state index in [2.05, 4.69) is 78.8 Å². The van der Waals surface area contributed by atoms with Gasteiger partial charge in [-0.3, -0.25) is 101 Å². The number of hydrogen-bond acceptors (Lipinski definition) is 26. The van der Waals surface area contributed by atoms with Gasteiger partial charge in [-0.15, -0.1) is 0 Å². The highest BCUT2D eigenvalue weighted by Gasteiger charge is 2.43. The zero-order valence-corrected chi connectivity index (χ0v) is 84.0. The Morgan fingerprint density at radius 1 is 0.586 bits per heavy atom. The number of nitrogens with one attached hydrogen (secondary N) is 13. The van der Waals surface area contributed by atoms with Crippen LogP contribution in [0.25, 0.3) is 10.9 Å². The second-order valence-corrected chi connectivity index (χ2v) is 36.8. The first-order valence-corrected chi connectivity index (χ1v) is 50.5. The summed E-state index contributed by atoms with van der Waals surface area (Å²) in [5.74, 6) is -14.0. The largest absolute Gasteiger partial charge is 0.481 e. The van der Waals surface area contributed by atoms with Gasteiger partial charge in [0.1, 0.15) is 72.5 Å². The third kappa shape index (κ3) is 49.0. The van der Waals surface area contributed by atoms with E-state index in [1.54, 1.807) is 55.7 Å². The van der Waals surface area contributed by atoms with Crippen molar-refractivity contribution in [2.75, 3.05) is 72.8 Å². The number of benzene rings is 2. The standard InChI is InChI=1S/C55H93N11O17.C45H61N9O8/c1-3-4-20-40(51(77)58-2)63-54(80)43(33-56)66-53(79)42(32-38-18-17-26-59-38)65-52(78)41(23-24-45(57)69)64-55(81)44(35-67)62-46(70)34-61-47(71)36-83-30-29-82-28-27-60-50(76)37(22-25-49(74)75)31-39(68)19-15-13-11-9-7-5-6-8-10-12-14-16-21-48(72)73;1-27-19-20-31(56)14-7-4-8-16-34(28(2)55)50-42(60)38(23-30-25-49-35-17-10-9-15-33(30)35)52-40(58)36(18-11-21-48-45(46)47)51-41(59)37(22-29-12-5-3-6-13-29)53-43(61)39-24-32(57)26-54(39)44(27)62/h18,26,37,40-44,67H,3-17,19-25,27-36,56H2,1-2H3,(H2,57,69)(H,58,77)(H,60,76)(H,61,71)(H,62,70)(H,63,80)(H,64,81)(H,65,78)(H,66,79)(H,72,73)(H,74,75);3,5-6,9-10,12-13,15,17,25,27,32,34,36-39,49,57H,4,7-8,11,14,16,18-24,26H2,1-2H3,(H,50,60)(H,51,59)(H,52,58)(H,53,61)(H4,46,47,48)/t37-,40-,41+,42-,43-,44-;27-,32+,34-,36-,37+,38-,39-/m00/s1. The van der Waals surface area contributed by atoms with E-state index in [4.69, 9.17) is 37.5 Å². The SMILES string of the molecule is CC(=O)[C@@H]1CCCCCC(=O)CC[C@H](C)C(=O)N2C[C@H](O)C[C@H]2C(=O)N[C@H](Cc2ccccc2)C(=O)N[C@@H](CCCN=C(N)N)C(=O)N[C@@H](Cc2c[nH]c3ccccc23)C(=O)N1.CCCC[C@H](NC(=O)[C@H](CN)NC(=O)[C@H](CC1=CCC=N1)NC(=O)[C@@H](CCC(N)=O)NC(=O)[C@H](CO)NC(=O)CNC(=O)COCCOCCNC(=O)[C@@H](CCC(=O)O)CC(=O)CCCCCCCCCCCCCCC(=O)O)C(=O)NC. The molecule has 804 valence electrons. The molecule has 0 saturated carbocycles. The minimum atomic E-state index is -1.67. The van der Waals surface area contributed by atoms with Crippen LogP contribution in [-0.2, 0) is 113 Å². The van der Waals surface area contributed by atoms with E-state index in [1.807, 2.05) is 31.2 Å². The number of nitrogens with two attached hydrogens (primary N) is 4. The zero-order valence-electron chi connectivity index (χ0n) is 84.0. The number of carbonyl (C=O) groups is 19. The predicted octanol–water partition coefficient (Wildman–Crippen LogP) is 1.01. The van der Waals surface area contributed by atoms with Crippen LogP contribution in [0.5, 0.6) is 0 Å². The van der Waals surface area contributed by atoms with Crippen LogP contribution in [0.4, 0.5) is 0 Å². The van der Waals surface area contributed by atoms with Crippen molar-refractivity contribution < 1.29 is 121 Å². The average molecular weight is 2040 g/mol. The molecular weight excluding hydrogens is 1880 g/mol. The van der Waals surface area contributed by atoms with Crippen LogP contribution in [0.2, 0.25) is 0 Å². The molecule has 3 aromatic rings. The third-order valence-electron chi connectivity index (χ3n) is 24.9. The number of carbonyl (C=O) groups excluding carboxylic acids is 17. The van der Waals surface area contributed by atoms with Crippen molar-refractivity contribution in [2.24, 2.45) is 44.8 Å². The number of aromatic amines is 1. The lowest BCUT2D eigenvalue weighted by Crippen LogP contribution is -2.60. The first-order valence-electron chi connectivity index (χ1n) is 50.5. The molecule has 2 aromatic carbocycles. The number of aliphatic imine (C=N–C) groups is 2. The van der Waals surface area contributed by atoms with Crippen LogP contribution < -0.4 is 86.7 Å². The molecule has 25 N–H and O–H groups in total. The van der Waals surface area contributed by atoms with Crippen molar-refractivity contribution >= 4 is 135 Å². The number of para-hydroxylation sites is 1. The highest BCUT2D eigenvalue weighted by atomic mass is 16.5. The maximum absolute atomic E-state index is 14.4. The Labute approximate surface area is 845 Å². The van der Waals surface area contributed by atoms with E-state index in [-0.39, 0.29) is 165 Å². The van der Waals surface area contributed by atoms with E-state index >= 15 is 0 Å². The van der Waals surface area contributed by atoms with Crippen molar-refractivity contribution in [3.05, 3.63) is 83.7 Å². The number of H-pyrrole nitrogens is 1. The summed E-state index contributed by atoms with van der Waals surface area (Å²) in [6.07, 6.45) is 20.4. The molecule has 14 amide bonds. The number of aliphatic hydroxyl groups excluding tert-OH is 2. The number of guanidine groups is 1. The number of amides is 14. The number of ketones is 3. The molecule has 4 heterocycles. The maximum Gasteiger partial charge on any atom is 0.303 e. The number of aliphatic hydroxyl groups is 2. The van der Waals surface area contributed by atoms with Gasteiger partial charge in [-0.1, -0.05) is 158 Å². The summed E-state index contributed by atoms with van der Waals surface area (Å²) in [6.45, 7) is 2.52. The minimum absolute atomic E-state index is 0.000514. The molecule has 45 heteroatoms. The van der Waals surface area contributed by atoms with Gasteiger partial charge in [0.2, 0.25) is 82.7 Å². The molecule has 0 bridgehead atoms. The molecule has 2 saturated heterocycles. The smallest absolute Gasteiger partial charge is 0.303 e. The monoisotopic (exact) mass is 2040 g/mol. The van der Waals surface area contributed by atoms with Gasteiger partial charge in [-0.2, -0.15) is 0 Å². The van der Waals surface area contributed by atoms with Crippen molar-refractivity contribution in [1.29, 1.82) is 0 Å². The number of primary amides is 1. The molecule has 0 unspecified atom stereocenters. The van der Waals surface area contributed by atoms with Crippen molar-refractivity contribution in [2.45, 2.75) is 318 Å². The molecule has 0 aliphatic carbocycles. The van der Waals surface area contributed by atoms with Crippen molar-refractivity contribution in [3.63, 3.8) is 0 Å². The summed E-state index contributed by atoms with van der Waals surface area (Å²) in [7, 11) is 1.41. The van der Waals surface area contributed by atoms with E-state index in [0.717, 1.165) is 93.5 Å². The van der Waals surface area contributed by atoms with Crippen LogP contribution in [0.1, 0.15) is 250 Å². The number of fused-ring (bicyclic) bond motifs is 2. The van der Waals surface area contributed by atoms with Crippen LogP contribution in [0, 0.1) is 11.8 Å². The fourth-order valence-corrected chi connectivity index (χ4v) is 16.6. The van der Waals surface area contributed by atoms with E-state index in [9.17, 15) is 106 Å². The summed E-state index contributed by atoms with van der Waals surface area (Å²) >= 11 is 0. The van der Waals surface area contributed by atoms with Crippen LogP contribution in [-0.4, -0.2) is 294 Å². The lowest BCUT2D eigenvalue weighted by Gasteiger charge is -2.29. The Morgan fingerprint density at radius 2 is 1.18 bits per heavy atom. The van der Waals surface area contributed by atoms with Gasteiger partial charge in [-0.25, -0.2) is 0 Å². The lowest BCUT2D eigenvalue weighted by molar-refractivity contribution is -0.142. The molecule has 145 heavy (non-hydrogen) atoms. The number of Topliss-reactive ketones (excluding diaryl/α,β-unsaturated/α-hetero) is 3. The Hall–Kier alpha value is -13.0. The van der Waals surface area contributed by atoms with Gasteiger partial charge in [0.15, 0.2) is 11.7 Å². The van der Waals surface area contributed by atoms with Gasteiger partial charge < -0.3 is 127 Å². The Bertz CT molecular complexity index is 4800. The van der Waals surface area contributed by atoms with Gasteiger partial charge in [0, 0.05) is 151 Å². The normalized spacial score (nSPS) is 18.8. The second kappa shape index (κ2) is 69.1. The van der Waals surface area contributed by atoms with E-state index in [0.29, 0.717) is 69.0 Å². The van der Waals surface area contributed by atoms with Crippen LogP contribution >= 0.6 is 0 Å². The topological polar surface area (TPSA) is 716 Å². The molecule has 45 nitrogen and oxygen atoms in total. The average Bonchev–Trinajstić information content (AvgIpc) is 1.67. The number of unbranched alkanes of at least 4 members (excludes halogenated alkanes) is 12. The number of nitrogens with zero attached hydrogens (tertiary/aromatic N) is 3. The number of hydrogen-bond donors (Lipinski definition) is 21. The van der Waals surface area contributed by atoms with Gasteiger partial charge in [0.25, 0.3) is 0 Å². The third-order valence-corrected chi connectivity index (χ3v) is 24.9. The summed E-state index contributed by atoms with van der Waals surface area (Å²) in [6, 6.07) is 3.91. The summed E-state index contributed by atoms with van der Waals surface area (Å²) < 4.78 is 10.7. The molecular formula is C100H154N20O25. The molecule has 0 radical (unpaired) electrons. The molecule has 3 aliphatic heterocycles. The number of aliphatic carboxylic acids is 2. The molecule has 1 aromatic heterocycles. The fraction of sp³-hybridized carbons (Fsp3) is 0.630. The number of aromatic nitrogens is 1.